The molecule has 1 aliphatic heterocycles. The summed E-state index contributed by atoms with van der Waals surface area (Å²) in [6.07, 6.45) is 1.59. The number of fused-ring (bicyclic) bond motifs is 1. The van der Waals surface area contributed by atoms with Crippen molar-refractivity contribution in [2.45, 2.75) is 18.9 Å². The molecule has 16 heavy (non-hydrogen) atoms. The fraction of sp³-hybridized carbons (Fsp3) is 0.364. The monoisotopic (exact) mass is 283 g/mol. The first-order chi connectivity index (χ1) is 7.63. The van der Waals surface area contributed by atoms with Crippen molar-refractivity contribution in [1.82, 2.24) is 5.43 Å². The van der Waals surface area contributed by atoms with E-state index in [1.54, 1.807) is 11.9 Å². The first kappa shape index (κ1) is 11.6. The SMILES string of the molecule is CN1C(=O)[C@@H](NN)CCc2ccc(Br)cc21. The van der Waals surface area contributed by atoms with Crippen LogP contribution in [0.15, 0.2) is 22.7 Å². The Balaban J connectivity index is 2.42. The maximum atomic E-state index is 12.0. The van der Waals surface area contributed by atoms with Gasteiger partial charge in [0.15, 0.2) is 0 Å². The Hall–Kier alpha value is -0.910. The molecule has 0 radical (unpaired) electrons. The molecular formula is C11H14BrN3O. The minimum Gasteiger partial charge on any atom is -0.314 e. The number of hydrogen-bond acceptors (Lipinski definition) is 3. The van der Waals surface area contributed by atoms with Crippen molar-refractivity contribution >= 4 is 27.5 Å². The van der Waals surface area contributed by atoms with Gasteiger partial charge >= 0.3 is 0 Å². The number of nitrogens with two attached hydrogens (primary N) is 1. The molecule has 1 aliphatic rings. The minimum absolute atomic E-state index is 0.0133. The number of amides is 1. The van der Waals surface area contributed by atoms with E-state index < -0.39 is 0 Å². The van der Waals surface area contributed by atoms with E-state index >= 15 is 0 Å². The van der Waals surface area contributed by atoms with Crippen LogP contribution in [0.1, 0.15) is 12.0 Å². The molecule has 1 amide bonds. The van der Waals surface area contributed by atoms with Gasteiger partial charge in [-0.2, -0.15) is 0 Å². The van der Waals surface area contributed by atoms with Crippen LogP contribution in [0.5, 0.6) is 0 Å². The molecule has 1 aromatic carbocycles. The first-order valence-corrected chi connectivity index (χ1v) is 5.95. The lowest BCUT2D eigenvalue weighted by molar-refractivity contribution is -0.120. The lowest BCUT2D eigenvalue weighted by Gasteiger charge is -2.20. The predicted molar refractivity (Wildman–Crippen MR) is 67.0 cm³/mol. The van der Waals surface area contributed by atoms with Gasteiger partial charge in [-0.05, 0) is 30.5 Å². The highest BCUT2D eigenvalue weighted by Crippen LogP contribution is 2.28. The van der Waals surface area contributed by atoms with E-state index in [4.69, 9.17) is 5.84 Å². The summed E-state index contributed by atoms with van der Waals surface area (Å²) in [5.74, 6) is 5.40. The summed E-state index contributed by atoms with van der Waals surface area (Å²) in [4.78, 5) is 13.7. The van der Waals surface area contributed by atoms with Gasteiger partial charge in [0.05, 0.1) is 0 Å². The number of carbonyl (C=O) groups is 1. The number of carbonyl (C=O) groups excluding carboxylic acids is 1. The largest absolute Gasteiger partial charge is 0.314 e. The summed E-state index contributed by atoms with van der Waals surface area (Å²) in [5.41, 5.74) is 4.70. The number of hydrogen-bond donors (Lipinski definition) is 2. The molecule has 1 atom stereocenters. The van der Waals surface area contributed by atoms with Crippen LogP contribution in [-0.4, -0.2) is 19.0 Å². The number of anilines is 1. The fourth-order valence-corrected chi connectivity index (χ4v) is 2.34. The Morgan fingerprint density at radius 1 is 1.56 bits per heavy atom. The van der Waals surface area contributed by atoms with Crippen LogP contribution in [-0.2, 0) is 11.2 Å². The molecule has 0 bridgehead atoms. The molecule has 0 unspecified atom stereocenters. The number of aryl methyl sites for hydroxylation is 1. The number of nitrogens with one attached hydrogen (secondary N) is 1. The van der Waals surface area contributed by atoms with Crippen molar-refractivity contribution in [3.05, 3.63) is 28.2 Å². The number of halogens is 1. The maximum absolute atomic E-state index is 12.0. The van der Waals surface area contributed by atoms with Crippen LogP contribution < -0.4 is 16.2 Å². The van der Waals surface area contributed by atoms with E-state index in [9.17, 15) is 4.79 Å². The van der Waals surface area contributed by atoms with E-state index in [1.165, 1.54) is 5.56 Å². The predicted octanol–water partition coefficient (Wildman–Crippen LogP) is 1.19. The molecule has 0 saturated carbocycles. The Labute approximate surface area is 103 Å². The van der Waals surface area contributed by atoms with Gasteiger partial charge < -0.3 is 4.90 Å². The van der Waals surface area contributed by atoms with Crippen molar-refractivity contribution in [2.24, 2.45) is 5.84 Å². The highest BCUT2D eigenvalue weighted by atomic mass is 79.9. The highest BCUT2D eigenvalue weighted by Gasteiger charge is 2.26. The normalized spacial score (nSPS) is 20.6. The molecule has 1 heterocycles. The number of likely N-dealkylation sites (N-methyl/N-ethyl adjacent to an activating group) is 1. The molecule has 1 aromatic rings. The zero-order chi connectivity index (χ0) is 11.7. The van der Waals surface area contributed by atoms with Gasteiger partial charge in [-0.3, -0.25) is 10.6 Å². The van der Waals surface area contributed by atoms with Crippen LogP contribution in [0.3, 0.4) is 0 Å². The molecule has 0 saturated heterocycles. The quantitative estimate of drug-likeness (QED) is 0.601. The summed E-state index contributed by atoms with van der Waals surface area (Å²) in [5, 5.41) is 0. The molecule has 0 fully saturated rings. The summed E-state index contributed by atoms with van der Waals surface area (Å²) in [6, 6.07) is 5.71. The third kappa shape index (κ3) is 1.98. The fourth-order valence-electron chi connectivity index (χ4n) is 1.99. The van der Waals surface area contributed by atoms with Gasteiger partial charge in [-0.25, -0.2) is 5.43 Å². The van der Waals surface area contributed by atoms with Crippen molar-refractivity contribution in [3.8, 4) is 0 Å². The highest BCUT2D eigenvalue weighted by molar-refractivity contribution is 9.10. The van der Waals surface area contributed by atoms with E-state index in [2.05, 4.69) is 21.4 Å². The minimum atomic E-state index is -0.295. The Morgan fingerprint density at radius 2 is 2.31 bits per heavy atom. The Bertz CT molecular complexity index is 422. The second-order valence-electron chi connectivity index (χ2n) is 3.93. The van der Waals surface area contributed by atoms with E-state index in [0.29, 0.717) is 0 Å². The van der Waals surface area contributed by atoms with Crippen LogP contribution >= 0.6 is 15.9 Å². The number of rotatable bonds is 1. The molecule has 86 valence electrons. The zero-order valence-corrected chi connectivity index (χ0v) is 10.6. The van der Waals surface area contributed by atoms with Gasteiger partial charge in [0, 0.05) is 17.2 Å². The van der Waals surface area contributed by atoms with Crippen LogP contribution in [0.25, 0.3) is 0 Å². The molecule has 3 N–H and O–H groups in total. The van der Waals surface area contributed by atoms with Crippen molar-refractivity contribution in [3.63, 3.8) is 0 Å². The molecule has 0 aromatic heterocycles. The van der Waals surface area contributed by atoms with Crippen molar-refractivity contribution in [2.75, 3.05) is 11.9 Å². The zero-order valence-electron chi connectivity index (χ0n) is 9.03. The van der Waals surface area contributed by atoms with E-state index in [-0.39, 0.29) is 11.9 Å². The second-order valence-corrected chi connectivity index (χ2v) is 4.84. The van der Waals surface area contributed by atoms with Gasteiger partial charge in [-0.1, -0.05) is 22.0 Å². The molecular weight excluding hydrogens is 270 g/mol. The average Bonchev–Trinajstić information content (AvgIpc) is 2.40. The molecule has 5 heteroatoms. The molecule has 0 spiro atoms. The summed E-state index contributed by atoms with van der Waals surface area (Å²) >= 11 is 3.42. The lowest BCUT2D eigenvalue weighted by Crippen LogP contribution is -2.47. The lowest BCUT2D eigenvalue weighted by atomic mass is 10.1. The summed E-state index contributed by atoms with van der Waals surface area (Å²) < 4.78 is 0.977. The smallest absolute Gasteiger partial charge is 0.245 e. The van der Waals surface area contributed by atoms with Crippen LogP contribution in [0, 0.1) is 0 Å². The number of nitrogens with zero attached hydrogens (tertiary/aromatic N) is 1. The van der Waals surface area contributed by atoms with Gasteiger partial charge in [0.2, 0.25) is 5.91 Å². The second kappa shape index (κ2) is 4.53. The molecule has 4 nitrogen and oxygen atoms in total. The average molecular weight is 284 g/mol. The molecule has 2 rings (SSSR count). The topological polar surface area (TPSA) is 58.4 Å². The standard InChI is InChI=1S/C11H14BrN3O/c1-15-10-6-8(12)4-2-7(10)3-5-9(14-13)11(15)16/h2,4,6,9,14H,3,5,13H2,1H3/t9-/m0/s1. The Kier molecular flexibility index (Phi) is 3.28. The van der Waals surface area contributed by atoms with Crippen molar-refractivity contribution in [1.29, 1.82) is 0 Å². The first-order valence-electron chi connectivity index (χ1n) is 5.15. The molecule has 0 aliphatic carbocycles. The van der Waals surface area contributed by atoms with Gasteiger partial charge in [0.25, 0.3) is 0 Å². The number of benzene rings is 1. The van der Waals surface area contributed by atoms with E-state index in [0.717, 1.165) is 23.0 Å². The maximum Gasteiger partial charge on any atom is 0.245 e. The Morgan fingerprint density at radius 3 is 3.00 bits per heavy atom. The van der Waals surface area contributed by atoms with Gasteiger partial charge in [0.1, 0.15) is 6.04 Å². The number of hydrazine groups is 1. The van der Waals surface area contributed by atoms with Crippen LogP contribution in [0.4, 0.5) is 5.69 Å². The van der Waals surface area contributed by atoms with Gasteiger partial charge in [-0.15, -0.1) is 0 Å². The van der Waals surface area contributed by atoms with E-state index in [1.807, 2.05) is 18.2 Å². The third-order valence-electron chi connectivity index (χ3n) is 2.94. The summed E-state index contributed by atoms with van der Waals surface area (Å²) in [6.45, 7) is 0. The third-order valence-corrected chi connectivity index (χ3v) is 3.43. The van der Waals surface area contributed by atoms with Crippen molar-refractivity contribution < 1.29 is 4.79 Å². The summed E-state index contributed by atoms with van der Waals surface area (Å²) in [7, 11) is 1.78. The van der Waals surface area contributed by atoms with Crippen LogP contribution in [0.2, 0.25) is 0 Å².